The maximum atomic E-state index is 12.6. The minimum atomic E-state index is -0.476. The molecule has 0 bridgehead atoms. The van der Waals surface area contributed by atoms with E-state index in [9.17, 15) is 9.59 Å². The predicted octanol–water partition coefficient (Wildman–Crippen LogP) is 4.21. The van der Waals surface area contributed by atoms with E-state index in [2.05, 4.69) is 5.10 Å². The van der Waals surface area contributed by atoms with E-state index in [1.807, 2.05) is 57.6 Å². The zero-order chi connectivity index (χ0) is 22.1. The Morgan fingerprint density at radius 3 is 2.60 bits per heavy atom. The Morgan fingerprint density at radius 2 is 1.97 bits per heavy atom. The average molecular weight is 416 g/mol. The molecule has 1 aliphatic heterocycles. The van der Waals surface area contributed by atoms with Gasteiger partial charge in [-0.1, -0.05) is 0 Å². The maximum absolute atomic E-state index is 12.6. The van der Waals surface area contributed by atoms with Crippen molar-refractivity contribution in [2.75, 3.05) is 20.2 Å². The number of hydrogen-bond acceptors (Lipinski definition) is 5. The van der Waals surface area contributed by atoms with Crippen LogP contribution in [0.15, 0.2) is 18.3 Å². The number of hydrogen-bond donors (Lipinski definition) is 0. The summed E-state index contributed by atoms with van der Waals surface area (Å²) < 4.78 is 12.6. The number of methoxy groups -OCH3 is 1. The molecule has 7 nitrogen and oxygen atoms in total. The Bertz CT molecular complexity index is 922. The Morgan fingerprint density at radius 1 is 1.27 bits per heavy atom. The molecule has 1 aromatic heterocycles. The zero-order valence-electron chi connectivity index (χ0n) is 18.9. The lowest BCUT2D eigenvalue weighted by Gasteiger charge is -2.39. The van der Waals surface area contributed by atoms with Gasteiger partial charge in [0.2, 0.25) is 0 Å². The van der Waals surface area contributed by atoms with Gasteiger partial charge in [0.05, 0.1) is 11.6 Å². The number of benzene rings is 1. The number of aryl methyl sites for hydroxylation is 1. The molecular formula is C23H33N3O4. The van der Waals surface area contributed by atoms with E-state index in [0.717, 1.165) is 28.6 Å². The highest BCUT2D eigenvalue weighted by Gasteiger charge is 2.34. The lowest BCUT2D eigenvalue weighted by molar-refractivity contribution is -0.00381. The van der Waals surface area contributed by atoms with Crippen molar-refractivity contribution in [3.8, 4) is 0 Å². The molecule has 164 valence electrons. The van der Waals surface area contributed by atoms with E-state index < -0.39 is 5.60 Å². The van der Waals surface area contributed by atoms with Gasteiger partial charge in [-0.05, 0) is 58.7 Å². The topological polar surface area (TPSA) is 73.7 Å². The van der Waals surface area contributed by atoms with Crippen LogP contribution in [0.4, 0.5) is 4.79 Å². The normalized spacial score (nSPS) is 15.9. The molecule has 2 heterocycles. The van der Waals surface area contributed by atoms with Crippen molar-refractivity contribution in [3.63, 3.8) is 0 Å². The van der Waals surface area contributed by atoms with E-state index >= 15 is 0 Å². The summed E-state index contributed by atoms with van der Waals surface area (Å²) in [4.78, 5) is 26.4. The number of likely N-dealkylation sites (tertiary alicyclic amines) is 1. The predicted molar refractivity (Wildman–Crippen MR) is 116 cm³/mol. The van der Waals surface area contributed by atoms with Gasteiger partial charge in [0, 0.05) is 56.2 Å². The molecule has 0 N–H and O–H groups in total. The Balaban J connectivity index is 1.61. The van der Waals surface area contributed by atoms with Gasteiger partial charge in [-0.2, -0.15) is 5.10 Å². The first kappa shape index (κ1) is 22.3. The van der Waals surface area contributed by atoms with E-state index in [1.165, 1.54) is 0 Å². The quantitative estimate of drug-likeness (QED) is 0.634. The number of amides is 1. The molecule has 1 aromatic carbocycles. The molecule has 1 fully saturated rings. The molecule has 2 aromatic rings. The fraction of sp³-hybridized carbons (Fsp3) is 0.609. The van der Waals surface area contributed by atoms with E-state index in [0.29, 0.717) is 31.8 Å². The molecule has 1 amide bonds. The number of aromatic nitrogens is 2. The largest absolute Gasteiger partial charge is 0.444 e. The fourth-order valence-electron chi connectivity index (χ4n) is 3.63. The van der Waals surface area contributed by atoms with Crippen LogP contribution < -0.4 is 0 Å². The molecule has 0 spiro atoms. The maximum Gasteiger partial charge on any atom is 0.410 e. The van der Waals surface area contributed by atoms with E-state index in [1.54, 1.807) is 12.0 Å². The molecule has 30 heavy (non-hydrogen) atoms. The van der Waals surface area contributed by atoms with Crippen LogP contribution in [0.1, 0.15) is 56.5 Å². The van der Waals surface area contributed by atoms with Gasteiger partial charge in [-0.3, -0.25) is 9.48 Å². The van der Waals surface area contributed by atoms with Crippen molar-refractivity contribution < 1.29 is 19.1 Å². The highest BCUT2D eigenvalue weighted by atomic mass is 16.6. The second-order valence-corrected chi connectivity index (χ2v) is 9.34. The van der Waals surface area contributed by atoms with E-state index in [4.69, 9.17) is 9.47 Å². The molecule has 1 aliphatic rings. The van der Waals surface area contributed by atoms with Gasteiger partial charge in [0.1, 0.15) is 5.60 Å². The lowest BCUT2D eigenvalue weighted by Crippen LogP contribution is -2.52. The summed E-state index contributed by atoms with van der Waals surface area (Å²) in [5.74, 6) is 0.489. The number of fused-ring (bicyclic) bond motifs is 1. The third kappa shape index (κ3) is 5.39. The number of carbonyl (C=O) groups is 2. The number of nitrogens with zero attached hydrogens (tertiary/aromatic N) is 3. The number of carbonyl (C=O) groups excluding carboxylic acids is 2. The van der Waals surface area contributed by atoms with Gasteiger partial charge in [0.15, 0.2) is 5.78 Å². The van der Waals surface area contributed by atoms with Crippen molar-refractivity contribution in [2.45, 2.75) is 65.7 Å². The minimum Gasteiger partial charge on any atom is -0.444 e. The molecule has 0 saturated carbocycles. The molecule has 1 unspecified atom stereocenters. The van der Waals surface area contributed by atoms with Crippen molar-refractivity contribution in [2.24, 2.45) is 5.92 Å². The van der Waals surface area contributed by atoms with Gasteiger partial charge in [-0.15, -0.1) is 0 Å². The van der Waals surface area contributed by atoms with Gasteiger partial charge >= 0.3 is 6.09 Å². The monoisotopic (exact) mass is 415 g/mol. The Kier molecular flexibility index (Phi) is 6.50. The Hall–Kier alpha value is -2.41. The highest BCUT2D eigenvalue weighted by molar-refractivity contribution is 6.00. The minimum absolute atomic E-state index is 0.0726. The van der Waals surface area contributed by atoms with Crippen LogP contribution in [0.25, 0.3) is 10.9 Å². The zero-order valence-corrected chi connectivity index (χ0v) is 18.9. The SMILES string of the molecule is COC(C)CCC(=O)c1cc2cn(CC3CN(C(=O)OC(C)(C)C)C3)nc2cc1C. The molecular weight excluding hydrogens is 382 g/mol. The van der Waals surface area contributed by atoms with Crippen LogP contribution in [0, 0.1) is 12.8 Å². The molecule has 0 radical (unpaired) electrons. The van der Waals surface area contributed by atoms with E-state index in [-0.39, 0.29) is 18.0 Å². The summed E-state index contributed by atoms with van der Waals surface area (Å²) >= 11 is 0. The molecule has 1 saturated heterocycles. The van der Waals surface area contributed by atoms with Crippen molar-refractivity contribution >= 4 is 22.8 Å². The first-order valence-electron chi connectivity index (χ1n) is 10.6. The Labute approximate surface area is 178 Å². The van der Waals surface area contributed by atoms with Crippen LogP contribution in [0.5, 0.6) is 0 Å². The summed E-state index contributed by atoms with van der Waals surface area (Å²) in [6.45, 7) is 11.6. The molecule has 0 aliphatic carbocycles. The fourth-order valence-corrected chi connectivity index (χ4v) is 3.63. The summed E-state index contributed by atoms with van der Waals surface area (Å²) in [6.07, 6.45) is 2.98. The number of ether oxygens (including phenoxy) is 2. The third-order valence-electron chi connectivity index (χ3n) is 5.43. The summed E-state index contributed by atoms with van der Waals surface area (Å²) in [5.41, 5.74) is 2.11. The highest BCUT2D eigenvalue weighted by Crippen LogP contribution is 2.24. The van der Waals surface area contributed by atoms with Crippen molar-refractivity contribution in [1.29, 1.82) is 0 Å². The lowest BCUT2D eigenvalue weighted by atomic mass is 9.99. The summed E-state index contributed by atoms with van der Waals surface area (Å²) in [5, 5.41) is 5.63. The second kappa shape index (κ2) is 8.76. The third-order valence-corrected chi connectivity index (χ3v) is 5.43. The number of rotatable bonds is 7. The first-order chi connectivity index (χ1) is 14.1. The standard InChI is InChI=1S/C23H33N3O4/c1-15-9-20-18(10-19(15)21(27)8-7-16(2)29-6)14-26(24-20)13-17-11-25(12-17)22(28)30-23(3,4)5/h9-10,14,16-17H,7-8,11-13H2,1-6H3. The molecule has 3 rings (SSSR count). The number of ketones is 1. The first-order valence-corrected chi connectivity index (χ1v) is 10.6. The van der Waals surface area contributed by atoms with Crippen molar-refractivity contribution in [3.05, 3.63) is 29.5 Å². The van der Waals surface area contributed by atoms with Crippen LogP contribution in [0.2, 0.25) is 0 Å². The van der Waals surface area contributed by atoms with Crippen LogP contribution in [-0.4, -0.2) is 58.5 Å². The summed E-state index contributed by atoms with van der Waals surface area (Å²) in [7, 11) is 1.66. The second-order valence-electron chi connectivity index (χ2n) is 9.34. The van der Waals surface area contributed by atoms with Gasteiger partial charge < -0.3 is 14.4 Å². The average Bonchev–Trinajstić information content (AvgIpc) is 3.00. The van der Waals surface area contributed by atoms with Crippen molar-refractivity contribution in [1.82, 2.24) is 14.7 Å². The molecule has 1 atom stereocenters. The van der Waals surface area contributed by atoms with Gasteiger partial charge in [0.25, 0.3) is 0 Å². The van der Waals surface area contributed by atoms with Crippen LogP contribution >= 0.6 is 0 Å². The number of Topliss-reactive ketones (excluding diaryl/α,β-unsaturated/α-hetero) is 1. The summed E-state index contributed by atoms with van der Waals surface area (Å²) in [6, 6.07) is 3.92. The smallest absolute Gasteiger partial charge is 0.410 e. The van der Waals surface area contributed by atoms with Gasteiger partial charge in [-0.25, -0.2) is 4.79 Å². The molecule has 7 heteroatoms. The van der Waals surface area contributed by atoms with Crippen LogP contribution in [0.3, 0.4) is 0 Å². The van der Waals surface area contributed by atoms with Crippen LogP contribution in [-0.2, 0) is 16.0 Å².